The van der Waals surface area contributed by atoms with Crippen LogP contribution >= 0.6 is 12.4 Å². The first-order valence-corrected chi connectivity index (χ1v) is 7.34. The lowest BCUT2D eigenvalue weighted by Gasteiger charge is -2.17. The molecular weight excluding hydrogens is 312 g/mol. The lowest BCUT2D eigenvalue weighted by molar-refractivity contribution is -0.122. The van der Waals surface area contributed by atoms with E-state index in [9.17, 15) is 4.79 Å². The Balaban J connectivity index is 0.00000264. The average Bonchev–Trinajstić information content (AvgIpc) is 2.59. The second-order valence-electron chi connectivity index (χ2n) is 5.26. The van der Waals surface area contributed by atoms with Crippen molar-refractivity contribution in [3.05, 3.63) is 65.7 Å². The van der Waals surface area contributed by atoms with Gasteiger partial charge in [-0.25, -0.2) is 0 Å². The van der Waals surface area contributed by atoms with Gasteiger partial charge in [-0.3, -0.25) is 4.79 Å². The highest BCUT2D eigenvalue weighted by atomic mass is 35.5. The lowest BCUT2D eigenvalue weighted by Crippen LogP contribution is -2.34. The normalized spacial score (nSPS) is 12.7. The molecule has 23 heavy (non-hydrogen) atoms. The molecule has 0 bridgehead atoms. The van der Waals surface area contributed by atoms with Crippen molar-refractivity contribution in [2.75, 3.05) is 13.7 Å². The second kappa shape index (κ2) is 9.18. The van der Waals surface area contributed by atoms with Gasteiger partial charge in [0.2, 0.25) is 5.91 Å². The van der Waals surface area contributed by atoms with E-state index in [1.807, 2.05) is 61.5 Å². The first kappa shape index (κ1) is 19.0. The summed E-state index contributed by atoms with van der Waals surface area (Å²) in [5.41, 5.74) is 8.03. The minimum Gasteiger partial charge on any atom is -0.497 e. The molecule has 124 valence electrons. The van der Waals surface area contributed by atoms with Gasteiger partial charge in [0, 0.05) is 12.6 Å². The molecule has 4 nitrogen and oxygen atoms in total. The summed E-state index contributed by atoms with van der Waals surface area (Å²) in [6.07, 6.45) is 0. The van der Waals surface area contributed by atoms with Crippen molar-refractivity contribution in [1.29, 1.82) is 0 Å². The van der Waals surface area contributed by atoms with Gasteiger partial charge in [0.05, 0.1) is 13.0 Å². The van der Waals surface area contributed by atoms with Crippen molar-refractivity contribution in [2.24, 2.45) is 5.73 Å². The van der Waals surface area contributed by atoms with Crippen LogP contribution in [0.2, 0.25) is 0 Å². The fourth-order valence-corrected chi connectivity index (χ4v) is 2.24. The Labute approximate surface area is 143 Å². The van der Waals surface area contributed by atoms with E-state index in [4.69, 9.17) is 10.5 Å². The quantitative estimate of drug-likeness (QED) is 0.853. The summed E-state index contributed by atoms with van der Waals surface area (Å²) in [4.78, 5) is 12.3. The van der Waals surface area contributed by atoms with Gasteiger partial charge in [-0.15, -0.1) is 12.4 Å². The molecule has 3 N–H and O–H groups in total. The molecule has 0 aliphatic rings. The minimum absolute atomic E-state index is 0. The first-order chi connectivity index (χ1) is 10.6. The van der Waals surface area contributed by atoms with Crippen molar-refractivity contribution >= 4 is 18.3 Å². The third kappa shape index (κ3) is 5.27. The van der Waals surface area contributed by atoms with E-state index in [0.29, 0.717) is 6.54 Å². The molecule has 0 aliphatic heterocycles. The zero-order chi connectivity index (χ0) is 15.9. The molecule has 0 aliphatic carbocycles. The molecule has 0 fully saturated rings. The Morgan fingerprint density at radius 2 is 1.78 bits per heavy atom. The molecule has 2 aromatic carbocycles. The first-order valence-electron chi connectivity index (χ1n) is 7.34. The number of carbonyl (C=O) groups is 1. The number of hydrogen-bond acceptors (Lipinski definition) is 3. The van der Waals surface area contributed by atoms with Crippen LogP contribution in [0.5, 0.6) is 5.75 Å². The van der Waals surface area contributed by atoms with Crippen molar-refractivity contribution in [1.82, 2.24) is 5.32 Å². The number of benzene rings is 2. The van der Waals surface area contributed by atoms with Crippen LogP contribution in [-0.2, 0) is 4.79 Å². The standard InChI is InChI=1S/C18H22N2O2.ClH/c1-13(15-9-6-10-16(11-15)22-2)18(21)20-12-17(19)14-7-4-3-5-8-14;/h3-11,13,17H,12,19H2,1-2H3,(H,20,21);1H. The monoisotopic (exact) mass is 334 g/mol. The molecule has 5 heteroatoms. The average molecular weight is 335 g/mol. The van der Waals surface area contributed by atoms with Crippen molar-refractivity contribution < 1.29 is 9.53 Å². The largest absolute Gasteiger partial charge is 0.497 e. The number of rotatable bonds is 6. The van der Waals surface area contributed by atoms with Crippen LogP contribution in [-0.4, -0.2) is 19.6 Å². The fraction of sp³-hybridized carbons (Fsp3) is 0.278. The summed E-state index contributed by atoms with van der Waals surface area (Å²) in [7, 11) is 1.61. The molecule has 0 heterocycles. The number of nitrogens with one attached hydrogen (secondary N) is 1. The maximum atomic E-state index is 12.3. The topological polar surface area (TPSA) is 64.3 Å². The molecule has 2 atom stereocenters. The summed E-state index contributed by atoms with van der Waals surface area (Å²) in [5.74, 6) is 0.454. The predicted molar refractivity (Wildman–Crippen MR) is 95.0 cm³/mol. The third-order valence-corrected chi connectivity index (χ3v) is 3.71. The van der Waals surface area contributed by atoms with Crippen LogP contribution in [0.3, 0.4) is 0 Å². The number of carbonyl (C=O) groups excluding carboxylic acids is 1. The zero-order valence-corrected chi connectivity index (χ0v) is 14.2. The molecule has 0 radical (unpaired) electrons. The van der Waals surface area contributed by atoms with Crippen LogP contribution in [0.1, 0.15) is 30.0 Å². The van der Waals surface area contributed by atoms with Crippen LogP contribution in [0.15, 0.2) is 54.6 Å². The molecule has 2 rings (SSSR count). The van der Waals surface area contributed by atoms with Crippen molar-refractivity contribution in [2.45, 2.75) is 18.9 Å². The smallest absolute Gasteiger partial charge is 0.227 e. The minimum atomic E-state index is -0.252. The van der Waals surface area contributed by atoms with E-state index in [0.717, 1.165) is 16.9 Å². The van der Waals surface area contributed by atoms with E-state index in [-0.39, 0.29) is 30.3 Å². The Kier molecular flexibility index (Phi) is 7.59. The molecule has 0 aromatic heterocycles. The van der Waals surface area contributed by atoms with E-state index in [1.165, 1.54) is 0 Å². The maximum absolute atomic E-state index is 12.3. The SMILES string of the molecule is COc1cccc(C(C)C(=O)NCC(N)c2ccccc2)c1.Cl. The zero-order valence-electron chi connectivity index (χ0n) is 13.4. The molecule has 0 spiro atoms. The third-order valence-electron chi connectivity index (χ3n) is 3.71. The molecular formula is C18H23ClN2O2. The van der Waals surface area contributed by atoms with E-state index < -0.39 is 0 Å². The number of nitrogens with two attached hydrogens (primary N) is 1. The van der Waals surface area contributed by atoms with Gasteiger partial charge < -0.3 is 15.8 Å². The number of amides is 1. The van der Waals surface area contributed by atoms with Gasteiger partial charge in [0.1, 0.15) is 5.75 Å². The highest BCUT2D eigenvalue weighted by molar-refractivity contribution is 5.85. The van der Waals surface area contributed by atoms with E-state index in [1.54, 1.807) is 7.11 Å². The van der Waals surface area contributed by atoms with Crippen LogP contribution in [0, 0.1) is 0 Å². The van der Waals surface area contributed by atoms with Crippen LogP contribution in [0.4, 0.5) is 0 Å². The molecule has 1 amide bonds. The van der Waals surface area contributed by atoms with Gasteiger partial charge in [0.15, 0.2) is 0 Å². The lowest BCUT2D eigenvalue weighted by atomic mass is 10.00. The Bertz CT molecular complexity index is 619. The summed E-state index contributed by atoms with van der Waals surface area (Å²) in [6.45, 7) is 2.29. The van der Waals surface area contributed by atoms with Crippen LogP contribution in [0.25, 0.3) is 0 Å². The number of halogens is 1. The molecule has 0 saturated carbocycles. The summed E-state index contributed by atoms with van der Waals surface area (Å²) >= 11 is 0. The Morgan fingerprint density at radius 3 is 2.43 bits per heavy atom. The predicted octanol–water partition coefficient (Wildman–Crippen LogP) is 3.04. The number of ether oxygens (including phenoxy) is 1. The van der Waals surface area contributed by atoms with Gasteiger partial charge in [-0.05, 0) is 30.2 Å². The van der Waals surface area contributed by atoms with E-state index >= 15 is 0 Å². The van der Waals surface area contributed by atoms with Gasteiger partial charge in [-0.2, -0.15) is 0 Å². The van der Waals surface area contributed by atoms with Gasteiger partial charge in [-0.1, -0.05) is 42.5 Å². The number of methoxy groups -OCH3 is 1. The van der Waals surface area contributed by atoms with Crippen molar-refractivity contribution in [3.8, 4) is 5.75 Å². The van der Waals surface area contributed by atoms with Crippen LogP contribution < -0.4 is 15.8 Å². The molecule has 2 aromatic rings. The van der Waals surface area contributed by atoms with Gasteiger partial charge in [0.25, 0.3) is 0 Å². The summed E-state index contributed by atoms with van der Waals surface area (Å²) in [6, 6.07) is 17.1. The summed E-state index contributed by atoms with van der Waals surface area (Å²) in [5, 5.41) is 2.91. The second-order valence-corrected chi connectivity index (χ2v) is 5.26. The molecule has 0 saturated heterocycles. The highest BCUT2D eigenvalue weighted by Gasteiger charge is 2.16. The summed E-state index contributed by atoms with van der Waals surface area (Å²) < 4.78 is 5.19. The van der Waals surface area contributed by atoms with Gasteiger partial charge >= 0.3 is 0 Å². The Morgan fingerprint density at radius 1 is 1.13 bits per heavy atom. The number of hydrogen-bond donors (Lipinski definition) is 2. The van der Waals surface area contributed by atoms with E-state index in [2.05, 4.69) is 5.32 Å². The highest BCUT2D eigenvalue weighted by Crippen LogP contribution is 2.20. The van der Waals surface area contributed by atoms with Crippen molar-refractivity contribution in [3.63, 3.8) is 0 Å². The molecule has 2 unspecified atom stereocenters. The Hall–Kier alpha value is -2.04. The fourth-order valence-electron chi connectivity index (χ4n) is 2.24. The maximum Gasteiger partial charge on any atom is 0.227 e.